The van der Waals surface area contributed by atoms with E-state index >= 15 is 0 Å². The maximum atomic E-state index is 12.7. The molecule has 3 atom stereocenters. The predicted octanol–water partition coefficient (Wildman–Crippen LogP) is 2.14. The van der Waals surface area contributed by atoms with Crippen molar-refractivity contribution in [3.63, 3.8) is 0 Å². The number of nitrogens with zero attached hydrogens (tertiary/aromatic N) is 3. The van der Waals surface area contributed by atoms with Gasteiger partial charge in [0.15, 0.2) is 0 Å². The molecule has 0 radical (unpaired) electrons. The molecule has 2 heterocycles. The van der Waals surface area contributed by atoms with Crippen molar-refractivity contribution in [3.05, 3.63) is 34.4 Å². The predicted molar refractivity (Wildman–Crippen MR) is 90.1 cm³/mol. The first-order chi connectivity index (χ1) is 11.5. The molecule has 124 valence electrons. The summed E-state index contributed by atoms with van der Waals surface area (Å²) in [5.74, 6) is 0.334. The molecule has 0 unspecified atom stereocenters. The lowest BCUT2D eigenvalue weighted by Gasteiger charge is -2.23. The average Bonchev–Trinajstić information content (AvgIpc) is 3.22. The van der Waals surface area contributed by atoms with Crippen LogP contribution in [0.4, 0.5) is 0 Å². The molecular formula is C19H22N4O. The van der Waals surface area contributed by atoms with E-state index in [0.29, 0.717) is 12.1 Å². The van der Waals surface area contributed by atoms with Gasteiger partial charge in [-0.05, 0) is 67.9 Å². The lowest BCUT2D eigenvalue weighted by Crippen LogP contribution is -2.45. The van der Waals surface area contributed by atoms with Crippen LogP contribution in [-0.4, -0.2) is 36.0 Å². The van der Waals surface area contributed by atoms with E-state index in [1.165, 1.54) is 5.56 Å². The number of nitrogens with one attached hydrogen (secondary N) is 1. The Hall–Kier alpha value is -2.37. The van der Waals surface area contributed by atoms with Gasteiger partial charge in [-0.3, -0.25) is 4.79 Å². The fourth-order valence-corrected chi connectivity index (χ4v) is 4.19. The van der Waals surface area contributed by atoms with Crippen molar-refractivity contribution in [1.29, 1.82) is 10.5 Å². The highest BCUT2D eigenvalue weighted by Crippen LogP contribution is 2.32. The van der Waals surface area contributed by atoms with Crippen molar-refractivity contribution in [3.8, 4) is 12.1 Å². The van der Waals surface area contributed by atoms with Crippen LogP contribution in [0.5, 0.6) is 0 Å². The summed E-state index contributed by atoms with van der Waals surface area (Å²) in [4.78, 5) is 14.5. The number of benzene rings is 1. The van der Waals surface area contributed by atoms with Crippen molar-refractivity contribution in [2.24, 2.45) is 0 Å². The number of hydrogen-bond acceptors (Lipinski definition) is 4. The molecule has 1 N–H and O–H groups in total. The van der Waals surface area contributed by atoms with Crippen molar-refractivity contribution >= 4 is 5.91 Å². The fraction of sp³-hybridized carbons (Fsp3) is 0.526. The van der Waals surface area contributed by atoms with E-state index < -0.39 is 0 Å². The normalized spacial score (nSPS) is 26.2. The molecule has 5 nitrogen and oxygen atoms in total. The average molecular weight is 322 g/mol. The smallest absolute Gasteiger partial charge is 0.240 e. The molecule has 0 spiro atoms. The van der Waals surface area contributed by atoms with Crippen molar-refractivity contribution in [2.75, 3.05) is 13.1 Å². The van der Waals surface area contributed by atoms with E-state index in [0.717, 1.165) is 36.9 Å². The fourth-order valence-electron chi connectivity index (χ4n) is 4.19. The van der Waals surface area contributed by atoms with Gasteiger partial charge < -0.3 is 10.2 Å². The highest BCUT2D eigenvalue weighted by atomic mass is 16.2. The maximum absolute atomic E-state index is 12.7. The number of carbonyl (C=O) groups excluding carboxylic acids is 1. The van der Waals surface area contributed by atoms with Crippen LogP contribution in [0.15, 0.2) is 12.1 Å². The number of rotatable bonds is 2. The summed E-state index contributed by atoms with van der Waals surface area (Å²) in [5.41, 5.74) is 4.15. The molecule has 1 aromatic rings. The van der Waals surface area contributed by atoms with Crippen LogP contribution in [0, 0.1) is 36.5 Å². The molecule has 0 saturated carbocycles. The van der Waals surface area contributed by atoms with E-state index in [9.17, 15) is 10.1 Å². The van der Waals surface area contributed by atoms with Gasteiger partial charge in [0.1, 0.15) is 6.04 Å². The molecule has 3 rings (SSSR count). The number of hydrogen-bond donors (Lipinski definition) is 1. The minimum atomic E-state index is -0.267. The first kappa shape index (κ1) is 16.5. The molecule has 0 bridgehead atoms. The summed E-state index contributed by atoms with van der Waals surface area (Å²) in [6.45, 7) is 5.51. The zero-order chi connectivity index (χ0) is 17.3. The van der Waals surface area contributed by atoms with Crippen LogP contribution in [0.1, 0.15) is 47.4 Å². The monoisotopic (exact) mass is 322 g/mol. The molecule has 1 aromatic carbocycles. The Balaban J connectivity index is 1.76. The lowest BCUT2D eigenvalue weighted by molar-refractivity contribution is -0.133. The number of likely N-dealkylation sites (tertiary alicyclic amines) is 1. The van der Waals surface area contributed by atoms with Crippen LogP contribution in [0.3, 0.4) is 0 Å². The quantitative estimate of drug-likeness (QED) is 0.904. The Labute approximate surface area is 142 Å². The molecule has 2 aliphatic heterocycles. The Morgan fingerprint density at radius 2 is 2.00 bits per heavy atom. The van der Waals surface area contributed by atoms with Gasteiger partial charge in [-0.2, -0.15) is 10.5 Å². The van der Waals surface area contributed by atoms with Crippen LogP contribution < -0.4 is 5.32 Å². The Morgan fingerprint density at radius 3 is 2.62 bits per heavy atom. The van der Waals surface area contributed by atoms with Gasteiger partial charge >= 0.3 is 0 Å². The summed E-state index contributed by atoms with van der Waals surface area (Å²) in [6.07, 6.45) is 2.45. The van der Waals surface area contributed by atoms with Gasteiger partial charge in [-0.15, -0.1) is 0 Å². The molecule has 0 aliphatic carbocycles. The maximum Gasteiger partial charge on any atom is 0.240 e. The van der Waals surface area contributed by atoms with Crippen LogP contribution in [0.25, 0.3) is 0 Å². The van der Waals surface area contributed by atoms with Crippen molar-refractivity contribution in [1.82, 2.24) is 10.2 Å². The summed E-state index contributed by atoms with van der Waals surface area (Å²) in [7, 11) is 0. The third-order valence-electron chi connectivity index (χ3n) is 5.24. The van der Waals surface area contributed by atoms with Gasteiger partial charge in [0, 0.05) is 13.1 Å². The summed E-state index contributed by atoms with van der Waals surface area (Å²) < 4.78 is 0. The van der Waals surface area contributed by atoms with Crippen LogP contribution in [-0.2, 0) is 4.79 Å². The number of nitriles is 2. The third kappa shape index (κ3) is 2.88. The Morgan fingerprint density at radius 1 is 1.29 bits per heavy atom. The molecule has 2 saturated heterocycles. The van der Waals surface area contributed by atoms with Crippen LogP contribution >= 0.6 is 0 Å². The molecule has 24 heavy (non-hydrogen) atoms. The first-order valence-electron chi connectivity index (χ1n) is 8.50. The highest BCUT2D eigenvalue weighted by molar-refractivity contribution is 5.83. The summed E-state index contributed by atoms with van der Waals surface area (Å²) in [5, 5.41) is 21.6. The Bertz CT molecular complexity index is 720. The third-order valence-corrected chi connectivity index (χ3v) is 5.24. The molecule has 2 aliphatic rings. The van der Waals surface area contributed by atoms with E-state index in [1.54, 1.807) is 4.90 Å². The van der Waals surface area contributed by atoms with E-state index in [2.05, 4.69) is 17.5 Å². The van der Waals surface area contributed by atoms with Gasteiger partial charge in [0.05, 0.1) is 23.7 Å². The summed E-state index contributed by atoms with van der Waals surface area (Å²) in [6, 6.07) is 7.80. The highest BCUT2D eigenvalue weighted by Gasteiger charge is 2.37. The van der Waals surface area contributed by atoms with Crippen molar-refractivity contribution < 1.29 is 4.79 Å². The molecule has 2 fully saturated rings. The van der Waals surface area contributed by atoms with E-state index in [1.807, 2.05) is 26.0 Å². The first-order valence-corrected chi connectivity index (χ1v) is 8.50. The van der Waals surface area contributed by atoms with Crippen LogP contribution in [0.2, 0.25) is 0 Å². The van der Waals surface area contributed by atoms with Gasteiger partial charge in [0.25, 0.3) is 0 Å². The topological polar surface area (TPSA) is 79.9 Å². The van der Waals surface area contributed by atoms with E-state index in [4.69, 9.17) is 5.26 Å². The zero-order valence-corrected chi connectivity index (χ0v) is 14.2. The molecule has 5 heteroatoms. The molecule has 1 amide bonds. The van der Waals surface area contributed by atoms with Crippen molar-refractivity contribution in [2.45, 2.75) is 51.1 Å². The standard InChI is InChI=1S/C19H22N4O/c1-12-6-14(9-20)7-13(2)18(12)15-8-17(22-11-15)19(24)23-5-3-4-16(23)10-21/h6-7,15-17,22H,3-5,8,11H2,1-2H3/t15-,16-,17-/m0/s1. The molecule has 0 aromatic heterocycles. The second-order valence-electron chi connectivity index (χ2n) is 6.85. The minimum absolute atomic E-state index is 0.0606. The van der Waals surface area contributed by atoms with Gasteiger partial charge in [0.2, 0.25) is 5.91 Å². The number of amides is 1. The second-order valence-corrected chi connectivity index (χ2v) is 6.85. The number of carbonyl (C=O) groups is 1. The van der Waals surface area contributed by atoms with Gasteiger partial charge in [-0.1, -0.05) is 0 Å². The zero-order valence-electron chi connectivity index (χ0n) is 14.2. The SMILES string of the molecule is Cc1cc(C#N)cc(C)c1[C@@H]1CN[C@H](C(=O)N2CCC[C@H]2C#N)C1. The molecular weight excluding hydrogens is 300 g/mol. The minimum Gasteiger partial charge on any atom is -0.325 e. The van der Waals surface area contributed by atoms with E-state index in [-0.39, 0.29) is 23.9 Å². The largest absolute Gasteiger partial charge is 0.325 e. The Kier molecular flexibility index (Phi) is 4.55. The second kappa shape index (κ2) is 6.63. The summed E-state index contributed by atoms with van der Waals surface area (Å²) >= 11 is 0. The number of aryl methyl sites for hydroxylation is 2. The lowest BCUT2D eigenvalue weighted by atomic mass is 9.87. The van der Waals surface area contributed by atoms with Gasteiger partial charge in [-0.25, -0.2) is 0 Å².